The van der Waals surface area contributed by atoms with Crippen molar-refractivity contribution in [3.8, 4) is 5.75 Å². The number of para-hydroxylation sites is 1. The molecule has 2 aromatic carbocycles. The third-order valence-corrected chi connectivity index (χ3v) is 7.57. The van der Waals surface area contributed by atoms with E-state index in [1.807, 2.05) is 37.4 Å². The molecule has 10 nitrogen and oxygen atoms in total. The Morgan fingerprint density at radius 3 is 2.53 bits per heavy atom. The average molecular weight is 596 g/mol. The molecule has 0 aliphatic carbocycles. The molecule has 1 saturated heterocycles. The van der Waals surface area contributed by atoms with Crippen molar-refractivity contribution in [2.24, 2.45) is 0 Å². The second-order valence-corrected chi connectivity index (χ2v) is 10.7. The number of aryl methyl sites for hydroxylation is 1. The molecule has 4 rings (SSSR count). The minimum Gasteiger partial charge on any atom is -0.496 e. The van der Waals surface area contributed by atoms with Gasteiger partial charge in [-0.2, -0.15) is 0 Å². The number of halogens is 1. The Labute approximate surface area is 252 Å². The third-order valence-electron chi connectivity index (χ3n) is 7.57. The lowest BCUT2D eigenvalue weighted by atomic mass is 10.1. The van der Waals surface area contributed by atoms with Crippen molar-refractivity contribution in [2.45, 2.75) is 45.1 Å². The van der Waals surface area contributed by atoms with Gasteiger partial charge < -0.3 is 29.7 Å². The van der Waals surface area contributed by atoms with Gasteiger partial charge in [0.25, 0.3) is 0 Å². The number of likely N-dealkylation sites (N-methyl/N-ethyl adjacent to an activating group) is 2. The van der Waals surface area contributed by atoms with Crippen LogP contribution in [0.4, 0.5) is 4.39 Å². The lowest BCUT2D eigenvalue weighted by Crippen LogP contribution is -2.46. The number of methoxy groups -OCH3 is 1. The molecule has 1 atom stereocenters. The molecule has 11 heteroatoms. The van der Waals surface area contributed by atoms with E-state index in [2.05, 4.69) is 10.3 Å². The first-order valence-corrected chi connectivity index (χ1v) is 14.5. The van der Waals surface area contributed by atoms with Crippen LogP contribution in [0.3, 0.4) is 0 Å². The molecular weight excluding hydrogens is 553 g/mol. The summed E-state index contributed by atoms with van der Waals surface area (Å²) in [6, 6.07) is 11.7. The molecule has 1 aliphatic rings. The van der Waals surface area contributed by atoms with E-state index in [9.17, 15) is 23.6 Å². The largest absolute Gasteiger partial charge is 0.496 e. The lowest BCUT2D eigenvalue weighted by Gasteiger charge is -2.25. The number of carbonyl (C=O) groups is 4. The maximum absolute atomic E-state index is 12.8. The Kier molecular flexibility index (Phi) is 12.5. The predicted molar refractivity (Wildman–Crippen MR) is 163 cm³/mol. The molecule has 232 valence electrons. The Morgan fingerprint density at radius 1 is 1.14 bits per heavy atom. The Morgan fingerprint density at radius 2 is 1.86 bits per heavy atom. The van der Waals surface area contributed by atoms with Gasteiger partial charge in [-0.3, -0.25) is 19.2 Å². The highest BCUT2D eigenvalue weighted by Gasteiger charge is 2.25. The summed E-state index contributed by atoms with van der Waals surface area (Å²) in [5.74, 6) is -0.0777. The summed E-state index contributed by atoms with van der Waals surface area (Å²) in [4.78, 5) is 56.6. The van der Waals surface area contributed by atoms with Gasteiger partial charge >= 0.3 is 0 Å². The van der Waals surface area contributed by atoms with Crippen molar-refractivity contribution >= 4 is 35.0 Å². The van der Waals surface area contributed by atoms with E-state index in [0.717, 1.165) is 53.7 Å². The van der Waals surface area contributed by atoms with Crippen LogP contribution in [0.25, 0.3) is 10.9 Å². The van der Waals surface area contributed by atoms with Crippen molar-refractivity contribution in [3.05, 3.63) is 65.6 Å². The molecule has 4 amide bonds. The number of aromatic nitrogens is 1. The normalized spacial score (nSPS) is 13.1. The number of likely N-dealkylation sites (tertiary alicyclic amines) is 1. The number of aromatic amines is 1. The first kappa shape index (κ1) is 33.1. The summed E-state index contributed by atoms with van der Waals surface area (Å²) in [6.45, 7) is 3.74. The predicted octanol–water partition coefficient (Wildman–Crippen LogP) is 3.29. The molecule has 0 spiro atoms. The Bertz CT molecular complexity index is 1390. The highest BCUT2D eigenvalue weighted by molar-refractivity contribution is 5.87. The van der Waals surface area contributed by atoms with Crippen molar-refractivity contribution in [1.29, 1.82) is 0 Å². The fourth-order valence-electron chi connectivity index (χ4n) is 5.02. The highest BCUT2D eigenvalue weighted by atomic mass is 19.1. The zero-order valence-electron chi connectivity index (χ0n) is 25.4. The fourth-order valence-corrected chi connectivity index (χ4v) is 5.02. The van der Waals surface area contributed by atoms with E-state index in [1.54, 1.807) is 25.1 Å². The van der Waals surface area contributed by atoms with Crippen LogP contribution >= 0.6 is 0 Å². The summed E-state index contributed by atoms with van der Waals surface area (Å²) in [5.41, 5.74) is 2.97. The molecule has 0 bridgehead atoms. The van der Waals surface area contributed by atoms with Gasteiger partial charge in [-0.1, -0.05) is 18.2 Å². The number of H-pyrrole nitrogens is 1. The highest BCUT2D eigenvalue weighted by Crippen LogP contribution is 2.18. The Balaban J connectivity index is 0.000000428. The molecule has 0 saturated carbocycles. The Hall–Kier alpha value is -4.41. The monoisotopic (exact) mass is 595 g/mol. The third kappa shape index (κ3) is 9.56. The number of nitrogens with one attached hydrogen (secondary N) is 2. The first-order valence-electron chi connectivity index (χ1n) is 14.5. The topological polar surface area (TPSA) is 115 Å². The second-order valence-electron chi connectivity index (χ2n) is 10.7. The van der Waals surface area contributed by atoms with Gasteiger partial charge in [0.05, 0.1) is 13.7 Å². The van der Waals surface area contributed by atoms with Gasteiger partial charge in [0, 0.05) is 57.3 Å². The number of rotatable bonds is 12. The van der Waals surface area contributed by atoms with Crippen LogP contribution in [0.2, 0.25) is 0 Å². The maximum atomic E-state index is 12.8. The van der Waals surface area contributed by atoms with Gasteiger partial charge in [0.1, 0.15) is 17.6 Å². The van der Waals surface area contributed by atoms with E-state index < -0.39 is 6.04 Å². The molecule has 2 heterocycles. The fraction of sp³-hybridized carbons (Fsp3) is 0.438. The summed E-state index contributed by atoms with van der Waals surface area (Å²) in [5, 5.41) is 4.00. The summed E-state index contributed by atoms with van der Waals surface area (Å²) < 4.78 is 17.4. The first-order chi connectivity index (χ1) is 20.6. The number of amides is 4. The number of benzene rings is 2. The van der Waals surface area contributed by atoms with Gasteiger partial charge in [-0.25, -0.2) is 4.39 Å². The summed E-state index contributed by atoms with van der Waals surface area (Å²) in [6.07, 6.45) is 5.43. The molecule has 1 aliphatic heterocycles. The van der Waals surface area contributed by atoms with E-state index in [1.165, 1.54) is 29.0 Å². The average Bonchev–Trinajstić information content (AvgIpc) is 3.68. The molecule has 2 N–H and O–H groups in total. The van der Waals surface area contributed by atoms with Crippen LogP contribution in [0, 0.1) is 12.7 Å². The zero-order valence-corrected chi connectivity index (χ0v) is 25.4. The van der Waals surface area contributed by atoms with Gasteiger partial charge in [0.15, 0.2) is 0 Å². The molecule has 3 aromatic rings. The van der Waals surface area contributed by atoms with Crippen molar-refractivity contribution in [3.63, 3.8) is 0 Å². The number of hydrogen-bond acceptors (Lipinski definition) is 5. The quantitative estimate of drug-likeness (QED) is 0.312. The zero-order chi connectivity index (χ0) is 31.4. The summed E-state index contributed by atoms with van der Waals surface area (Å²) >= 11 is 0. The van der Waals surface area contributed by atoms with Crippen LogP contribution in [-0.2, 0) is 25.6 Å². The van der Waals surface area contributed by atoms with Crippen LogP contribution in [0.15, 0.2) is 48.7 Å². The standard InChI is InChI=1S/C24H33N5O4.C8H9FO/c1-27(16-23(32)29-13-5-6-14-29)22(31)10-9-21(28(2)17-30)24(33)25-12-11-18-15-26-20-8-4-3-7-19(18)20;1-6-5-7(9)3-4-8(6)10-2/h3-4,7-8,15,17,21,26H,5-6,9-14,16H2,1-2H3,(H,25,33);3-5H,1-2H3. The smallest absolute Gasteiger partial charge is 0.242 e. The van der Waals surface area contributed by atoms with Crippen LogP contribution in [-0.4, -0.2) is 97.2 Å². The van der Waals surface area contributed by atoms with Gasteiger partial charge in [-0.15, -0.1) is 0 Å². The molecule has 1 unspecified atom stereocenters. The molecular formula is C32H42FN5O5. The number of carbonyl (C=O) groups excluding carboxylic acids is 4. The van der Waals surface area contributed by atoms with E-state index in [4.69, 9.17) is 4.74 Å². The van der Waals surface area contributed by atoms with E-state index >= 15 is 0 Å². The number of nitrogens with zero attached hydrogens (tertiary/aromatic N) is 3. The van der Waals surface area contributed by atoms with E-state index in [-0.39, 0.29) is 42.9 Å². The van der Waals surface area contributed by atoms with E-state index in [0.29, 0.717) is 19.4 Å². The number of ether oxygens (including phenoxy) is 1. The number of hydrogen-bond donors (Lipinski definition) is 2. The van der Waals surface area contributed by atoms with Crippen molar-refractivity contribution in [2.75, 3.05) is 47.4 Å². The minimum atomic E-state index is -0.753. The molecule has 1 fully saturated rings. The lowest BCUT2D eigenvalue weighted by molar-refractivity contribution is -0.139. The summed E-state index contributed by atoms with van der Waals surface area (Å²) in [7, 11) is 4.69. The van der Waals surface area contributed by atoms with Crippen LogP contribution < -0.4 is 10.1 Å². The molecule has 1 aromatic heterocycles. The second kappa shape index (κ2) is 16.3. The number of fused-ring (bicyclic) bond motifs is 1. The minimum absolute atomic E-state index is 0.0316. The molecule has 0 radical (unpaired) electrons. The van der Waals surface area contributed by atoms with Crippen molar-refractivity contribution < 1.29 is 28.3 Å². The maximum Gasteiger partial charge on any atom is 0.242 e. The van der Waals surface area contributed by atoms with Crippen molar-refractivity contribution in [1.82, 2.24) is 25.0 Å². The van der Waals surface area contributed by atoms with Gasteiger partial charge in [0.2, 0.25) is 24.1 Å². The van der Waals surface area contributed by atoms with Crippen LogP contribution in [0.1, 0.15) is 36.8 Å². The van der Waals surface area contributed by atoms with Crippen LogP contribution in [0.5, 0.6) is 5.75 Å². The SMILES string of the molecule is CN(CC(=O)N1CCCC1)C(=O)CCC(C(=O)NCCc1c[nH]c2ccccc12)N(C)C=O.COc1ccc(F)cc1C. The van der Waals surface area contributed by atoms with Gasteiger partial charge in [-0.05, 0) is 68.0 Å². The molecule has 43 heavy (non-hydrogen) atoms.